The average molecular weight is 378 g/mol. The highest BCUT2D eigenvalue weighted by Gasteiger charge is 2.30. The second-order valence-corrected chi connectivity index (χ2v) is 7.88. The zero-order valence-electron chi connectivity index (χ0n) is 15.6. The zero-order valence-corrected chi connectivity index (χ0v) is 15.6. The number of hydrogen-bond donors (Lipinski definition) is 1. The van der Waals surface area contributed by atoms with E-state index in [0.717, 1.165) is 36.9 Å². The van der Waals surface area contributed by atoms with Gasteiger partial charge in [-0.05, 0) is 37.7 Å². The largest absolute Gasteiger partial charge is 0.339 e. The Kier molecular flexibility index (Phi) is 4.22. The smallest absolute Gasteiger partial charge is 0.254 e. The first kappa shape index (κ1) is 17.2. The molecule has 1 unspecified atom stereocenters. The van der Waals surface area contributed by atoms with Crippen LogP contribution in [0.1, 0.15) is 53.7 Å². The van der Waals surface area contributed by atoms with Crippen molar-refractivity contribution in [3.8, 4) is 0 Å². The molecule has 0 radical (unpaired) electrons. The second kappa shape index (κ2) is 6.89. The summed E-state index contributed by atoms with van der Waals surface area (Å²) in [4.78, 5) is 34.4. The number of benzene rings is 1. The molecule has 0 spiro atoms. The maximum Gasteiger partial charge on any atom is 0.254 e. The molecule has 2 aliphatic rings. The van der Waals surface area contributed by atoms with Gasteiger partial charge in [0.25, 0.3) is 5.91 Å². The third-order valence-corrected chi connectivity index (χ3v) is 5.68. The van der Waals surface area contributed by atoms with E-state index in [0.29, 0.717) is 48.3 Å². The summed E-state index contributed by atoms with van der Waals surface area (Å²) in [7, 11) is 0. The van der Waals surface area contributed by atoms with E-state index >= 15 is 0 Å². The first-order valence-corrected chi connectivity index (χ1v) is 9.91. The molecular formula is C21H22N4O3. The van der Waals surface area contributed by atoms with Gasteiger partial charge in [0.15, 0.2) is 5.82 Å². The van der Waals surface area contributed by atoms with Gasteiger partial charge in [0.1, 0.15) is 0 Å². The Labute approximate surface area is 161 Å². The highest BCUT2D eigenvalue weighted by molar-refractivity contribution is 6.05. The Hall–Kier alpha value is -2.96. The van der Waals surface area contributed by atoms with Gasteiger partial charge in [0, 0.05) is 42.4 Å². The van der Waals surface area contributed by atoms with Gasteiger partial charge < -0.3 is 14.4 Å². The first-order chi connectivity index (χ1) is 13.7. The van der Waals surface area contributed by atoms with Gasteiger partial charge in [-0.25, -0.2) is 0 Å². The lowest BCUT2D eigenvalue weighted by molar-refractivity contribution is 0.0670. The molecule has 2 fully saturated rings. The number of pyridine rings is 1. The Morgan fingerprint density at radius 2 is 2.11 bits per heavy atom. The normalized spacial score (nSPS) is 19.9. The van der Waals surface area contributed by atoms with Crippen LogP contribution in [0.2, 0.25) is 0 Å². The molecule has 144 valence electrons. The van der Waals surface area contributed by atoms with E-state index in [1.165, 1.54) is 6.07 Å². The number of fused-ring (bicyclic) bond motifs is 1. The van der Waals surface area contributed by atoms with Gasteiger partial charge in [0.2, 0.25) is 11.4 Å². The SMILES string of the molecule is O=C(c1cc(=O)[nH]c2ccccc12)N1CCCC(Cc2nc(C3CC3)no2)C1. The first-order valence-electron chi connectivity index (χ1n) is 9.91. The van der Waals surface area contributed by atoms with Crippen LogP contribution in [0.3, 0.4) is 0 Å². The standard InChI is InChI=1S/C21H22N4O3/c26-18-11-16(15-5-1-2-6-17(15)22-18)21(27)25-9-3-4-13(12-25)10-19-23-20(24-28-19)14-7-8-14/h1-2,5-6,11,13-14H,3-4,7-10,12H2,(H,22,26). The van der Waals surface area contributed by atoms with E-state index in [9.17, 15) is 9.59 Å². The molecule has 1 amide bonds. The van der Waals surface area contributed by atoms with Crippen LogP contribution in [0.25, 0.3) is 10.9 Å². The fourth-order valence-electron chi connectivity index (χ4n) is 4.07. The van der Waals surface area contributed by atoms with Crippen molar-refractivity contribution in [2.24, 2.45) is 5.92 Å². The second-order valence-electron chi connectivity index (χ2n) is 7.88. The van der Waals surface area contributed by atoms with Crippen molar-refractivity contribution in [1.82, 2.24) is 20.0 Å². The van der Waals surface area contributed by atoms with Crippen LogP contribution in [-0.2, 0) is 6.42 Å². The van der Waals surface area contributed by atoms with Gasteiger partial charge in [-0.3, -0.25) is 9.59 Å². The lowest BCUT2D eigenvalue weighted by Crippen LogP contribution is -2.41. The minimum Gasteiger partial charge on any atom is -0.339 e. The summed E-state index contributed by atoms with van der Waals surface area (Å²) in [5.41, 5.74) is 0.897. The lowest BCUT2D eigenvalue weighted by Gasteiger charge is -2.32. The van der Waals surface area contributed by atoms with E-state index in [2.05, 4.69) is 15.1 Å². The molecule has 28 heavy (non-hydrogen) atoms. The number of para-hydroxylation sites is 1. The van der Waals surface area contributed by atoms with Crippen molar-refractivity contribution in [2.45, 2.75) is 38.0 Å². The highest BCUT2D eigenvalue weighted by Crippen LogP contribution is 2.38. The number of aromatic nitrogens is 3. The average Bonchev–Trinajstić information content (AvgIpc) is 3.46. The molecular weight excluding hydrogens is 356 g/mol. The van der Waals surface area contributed by atoms with Gasteiger partial charge in [-0.2, -0.15) is 4.98 Å². The monoisotopic (exact) mass is 378 g/mol. The van der Waals surface area contributed by atoms with Crippen molar-refractivity contribution < 1.29 is 9.32 Å². The molecule has 2 aromatic heterocycles. The minimum absolute atomic E-state index is 0.0869. The van der Waals surface area contributed by atoms with Gasteiger partial charge in [0.05, 0.1) is 5.56 Å². The molecule has 1 saturated heterocycles. The molecule has 1 aromatic carbocycles. The van der Waals surface area contributed by atoms with Crippen LogP contribution in [0, 0.1) is 5.92 Å². The maximum absolute atomic E-state index is 13.2. The van der Waals surface area contributed by atoms with Crippen LogP contribution in [0.5, 0.6) is 0 Å². The van der Waals surface area contributed by atoms with Gasteiger partial charge >= 0.3 is 0 Å². The fraction of sp³-hybridized carbons (Fsp3) is 0.429. The summed E-state index contributed by atoms with van der Waals surface area (Å²) in [6.45, 7) is 1.34. The van der Waals surface area contributed by atoms with Crippen molar-refractivity contribution in [3.63, 3.8) is 0 Å². The molecule has 0 bridgehead atoms. The fourth-order valence-corrected chi connectivity index (χ4v) is 4.07. The number of carbonyl (C=O) groups excluding carboxylic acids is 1. The predicted molar refractivity (Wildman–Crippen MR) is 103 cm³/mol. The number of H-pyrrole nitrogens is 1. The molecule has 3 aromatic rings. The molecule has 1 aliphatic heterocycles. The van der Waals surface area contributed by atoms with Crippen molar-refractivity contribution in [3.05, 3.63) is 58.0 Å². The third-order valence-electron chi connectivity index (χ3n) is 5.68. The van der Waals surface area contributed by atoms with Crippen molar-refractivity contribution >= 4 is 16.8 Å². The number of nitrogens with zero attached hydrogens (tertiary/aromatic N) is 3. The molecule has 3 heterocycles. The lowest BCUT2D eigenvalue weighted by atomic mass is 9.94. The summed E-state index contributed by atoms with van der Waals surface area (Å²) in [5.74, 6) is 2.18. The van der Waals surface area contributed by atoms with E-state index in [1.54, 1.807) is 0 Å². The van der Waals surface area contributed by atoms with E-state index in [1.807, 2.05) is 29.2 Å². The Morgan fingerprint density at radius 3 is 2.96 bits per heavy atom. The topological polar surface area (TPSA) is 92.1 Å². The number of hydrogen-bond acceptors (Lipinski definition) is 5. The molecule has 1 N–H and O–H groups in total. The number of rotatable bonds is 4. The van der Waals surface area contributed by atoms with Crippen LogP contribution in [0.4, 0.5) is 0 Å². The van der Waals surface area contributed by atoms with Crippen LogP contribution >= 0.6 is 0 Å². The van der Waals surface area contributed by atoms with E-state index in [4.69, 9.17) is 4.52 Å². The quantitative estimate of drug-likeness (QED) is 0.754. The minimum atomic E-state index is -0.255. The number of piperidine rings is 1. The van der Waals surface area contributed by atoms with Crippen molar-refractivity contribution in [1.29, 1.82) is 0 Å². The summed E-state index contributed by atoms with van der Waals surface area (Å²) in [6.07, 6.45) is 4.95. The molecule has 1 aliphatic carbocycles. The Bertz CT molecular complexity index is 1080. The Morgan fingerprint density at radius 1 is 1.25 bits per heavy atom. The summed E-state index contributed by atoms with van der Waals surface area (Å²) in [5, 5.41) is 4.86. The summed E-state index contributed by atoms with van der Waals surface area (Å²) >= 11 is 0. The third kappa shape index (κ3) is 3.32. The van der Waals surface area contributed by atoms with Gasteiger partial charge in [-0.1, -0.05) is 23.4 Å². The summed E-state index contributed by atoms with van der Waals surface area (Å²) in [6, 6.07) is 8.83. The number of carbonyl (C=O) groups is 1. The number of amides is 1. The van der Waals surface area contributed by atoms with E-state index in [-0.39, 0.29) is 11.5 Å². The van der Waals surface area contributed by atoms with Crippen molar-refractivity contribution in [2.75, 3.05) is 13.1 Å². The Balaban J connectivity index is 1.34. The van der Waals surface area contributed by atoms with Crippen LogP contribution in [-0.4, -0.2) is 39.0 Å². The van der Waals surface area contributed by atoms with Crippen LogP contribution in [0.15, 0.2) is 39.6 Å². The van der Waals surface area contributed by atoms with Crippen LogP contribution < -0.4 is 5.56 Å². The molecule has 7 heteroatoms. The molecule has 7 nitrogen and oxygen atoms in total. The molecule has 5 rings (SSSR count). The van der Waals surface area contributed by atoms with E-state index < -0.39 is 0 Å². The number of nitrogens with one attached hydrogen (secondary N) is 1. The van der Waals surface area contributed by atoms with Gasteiger partial charge in [-0.15, -0.1) is 0 Å². The number of likely N-dealkylation sites (tertiary alicyclic amines) is 1. The highest BCUT2D eigenvalue weighted by atomic mass is 16.5. The predicted octanol–water partition coefficient (Wildman–Crippen LogP) is 2.88. The zero-order chi connectivity index (χ0) is 19.1. The molecule has 1 atom stereocenters. The number of aromatic amines is 1. The maximum atomic E-state index is 13.2. The summed E-state index contributed by atoms with van der Waals surface area (Å²) < 4.78 is 5.41. The molecule has 1 saturated carbocycles.